The Labute approximate surface area is 159 Å². The second-order valence-corrected chi connectivity index (χ2v) is 9.44. The van der Waals surface area contributed by atoms with Crippen molar-refractivity contribution in [1.29, 1.82) is 0 Å². The van der Waals surface area contributed by atoms with Gasteiger partial charge in [-0.25, -0.2) is 13.1 Å². The summed E-state index contributed by atoms with van der Waals surface area (Å²) in [6.45, 7) is 8.17. The Morgan fingerprint density at radius 1 is 1.19 bits per heavy atom. The average molecular weight is 383 g/mol. The molecule has 0 aromatic heterocycles. The molecule has 0 bridgehead atoms. The minimum atomic E-state index is -3.17. The number of hydrogen-bond acceptors (Lipinski definition) is 4. The fraction of sp³-hybridized carbons (Fsp3) is 0.700. The second kappa shape index (κ2) is 10.3. The molecule has 2 rings (SSSR count). The van der Waals surface area contributed by atoms with Crippen LogP contribution in [0.15, 0.2) is 24.3 Å². The smallest absolute Gasteiger partial charge is 0.214 e. The van der Waals surface area contributed by atoms with Gasteiger partial charge in [-0.3, -0.25) is 0 Å². The zero-order valence-electron chi connectivity index (χ0n) is 16.3. The van der Waals surface area contributed by atoms with Gasteiger partial charge < -0.3 is 10.1 Å². The van der Waals surface area contributed by atoms with Gasteiger partial charge in [-0.2, -0.15) is 0 Å². The van der Waals surface area contributed by atoms with E-state index in [-0.39, 0.29) is 11.3 Å². The zero-order chi connectivity index (χ0) is 19.0. The van der Waals surface area contributed by atoms with E-state index < -0.39 is 10.0 Å². The molecule has 148 valence electrons. The quantitative estimate of drug-likeness (QED) is 0.650. The number of ether oxygens (including phenoxy) is 1. The molecule has 1 aromatic rings. The average Bonchev–Trinajstić information content (AvgIpc) is 2.63. The van der Waals surface area contributed by atoms with Gasteiger partial charge in [0, 0.05) is 12.6 Å². The molecule has 0 heterocycles. The lowest BCUT2D eigenvalue weighted by molar-refractivity contribution is 0.302. The van der Waals surface area contributed by atoms with Crippen LogP contribution in [0.3, 0.4) is 0 Å². The maximum atomic E-state index is 12.2. The summed E-state index contributed by atoms with van der Waals surface area (Å²) >= 11 is 0. The maximum Gasteiger partial charge on any atom is 0.214 e. The van der Waals surface area contributed by atoms with Crippen LogP contribution in [0.2, 0.25) is 0 Å². The molecule has 5 nitrogen and oxygen atoms in total. The lowest BCUT2D eigenvalue weighted by Crippen LogP contribution is -2.42. The van der Waals surface area contributed by atoms with Crippen LogP contribution in [-0.4, -0.2) is 32.9 Å². The van der Waals surface area contributed by atoms with E-state index in [1.54, 1.807) is 6.92 Å². The number of nitrogens with one attached hydrogen (secondary N) is 2. The van der Waals surface area contributed by atoms with Gasteiger partial charge in [0.25, 0.3) is 0 Å². The van der Waals surface area contributed by atoms with Crippen molar-refractivity contribution in [3.8, 4) is 5.75 Å². The highest BCUT2D eigenvalue weighted by Crippen LogP contribution is 2.25. The van der Waals surface area contributed by atoms with Crippen molar-refractivity contribution in [2.24, 2.45) is 5.92 Å². The van der Waals surface area contributed by atoms with Gasteiger partial charge in [0.15, 0.2) is 0 Å². The Hall–Kier alpha value is -1.11. The third-order valence-corrected chi connectivity index (χ3v) is 7.31. The first-order valence-electron chi connectivity index (χ1n) is 9.88. The molecular weight excluding hydrogens is 348 g/mol. The molecule has 1 unspecified atom stereocenters. The first kappa shape index (κ1) is 21.2. The van der Waals surface area contributed by atoms with Crippen molar-refractivity contribution in [1.82, 2.24) is 10.0 Å². The number of hydrogen-bond donors (Lipinski definition) is 2. The summed E-state index contributed by atoms with van der Waals surface area (Å²) in [6.07, 6.45) is 4.65. The van der Waals surface area contributed by atoms with Crippen LogP contribution < -0.4 is 14.8 Å². The zero-order valence-corrected chi connectivity index (χ0v) is 17.1. The Balaban J connectivity index is 1.70. The summed E-state index contributed by atoms with van der Waals surface area (Å²) in [6, 6.07) is 8.30. The van der Waals surface area contributed by atoms with E-state index in [1.165, 1.54) is 5.56 Å². The number of rotatable bonds is 10. The highest BCUT2D eigenvalue weighted by Gasteiger charge is 2.27. The van der Waals surface area contributed by atoms with Crippen LogP contribution in [0.25, 0.3) is 0 Å². The van der Waals surface area contributed by atoms with Crippen molar-refractivity contribution in [3.63, 3.8) is 0 Å². The highest BCUT2D eigenvalue weighted by molar-refractivity contribution is 7.90. The summed E-state index contributed by atoms with van der Waals surface area (Å²) in [4.78, 5) is 0. The van der Waals surface area contributed by atoms with Crippen LogP contribution in [0.1, 0.15) is 58.4 Å². The van der Waals surface area contributed by atoms with Crippen LogP contribution in [0.5, 0.6) is 5.75 Å². The van der Waals surface area contributed by atoms with Gasteiger partial charge in [-0.1, -0.05) is 19.1 Å². The van der Waals surface area contributed by atoms with Crippen molar-refractivity contribution in [3.05, 3.63) is 29.8 Å². The van der Waals surface area contributed by atoms with Crippen molar-refractivity contribution < 1.29 is 13.2 Å². The molecule has 1 atom stereocenters. The van der Waals surface area contributed by atoms with Gasteiger partial charge in [-0.15, -0.1) is 0 Å². The minimum Gasteiger partial charge on any atom is -0.494 e. The molecule has 1 aromatic carbocycles. The molecule has 0 saturated heterocycles. The molecule has 0 spiro atoms. The summed E-state index contributed by atoms with van der Waals surface area (Å²) in [7, 11) is -3.17. The molecule has 1 saturated carbocycles. The van der Waals surface area contributed by atoms with E-state index in [2.05, 4.69) is 22.2 Å². The van der Waals surface area contributed by atoms with Gasteiger partial charge in [0.2, 0.25) is 10.0 Å². The normalized spacial score (nSPS) is 22.1. The van der Waals surface area contributed by atoms with Gasteiger partial charge in [0.1, 0.15) is 5.75 Å². The topological polar surface area (TPSA) is 67.4 Å². The summed E-state index contributed by atoms with van der Waals surface area (Å²) in [5.74, 6) is 1.54. The summed E-state index contributed by atoms with van der Waals surface area (Å²) in [5, 5.41) is 3.23. The third kappa shape index (κ3) is 6.56. The van der Waals surface area contributed by atoms with E-state index in [1.807, 2.05) is 26.0 Å². The Morgan fingerprint density at radius 3 is 2.58 bits per heavy atom. The first-order chi connectivity index (χ1) is 12.4. The Kier molecular flexibility index (Phi) is 8.38. The van der Waals surface area contributed by atoms with Crippen LogP contribution in [0.4, 0.5) is 0 Å². The van der Waals surface area contributed by atoms with Crippen molar-refractivity contribution in [2.45, 2.75) is 70.7 Å². The molecule has 2 N–H and O–H groups in total. The standard InChI is InChI=1S/C20H34N2O3S/c1-4-16(3)26(23,24)22-19-11-9-17(10-12-19)14-21-15-18-7-6-8-20(13-18)25-5-2/h6-8,13,16-17,19,21-22H,4-5,9-12,14-15H2,1-3H3. The molecule has 0 amide bonds. The van der Waals surface area contributed by atoms with Crippen LogP contribution in [-0.2, 0) is 16.6 Å². The molecule has 6 heteroatoms. The van der Waals surface area contributed by atoms with E-state index >= 15 is 0 Å². The van der Waals surface area contributed by atoms with Crippen molar-refractivity contribution >= 4 is 10.0 Å². The minimum absolute atomic E-state index is 0.105. The molecule has 0 radical (unpaired) electrons. The monoisotopic (exact) mass is 382 g/mol. The number of benzene rings is 1. The van der Waals surface area contributed by atoms with Crippen LogP contribution >= 0.6 is 0 Å². The van der Waals surface area contributed by atoms with E-state index in [0.717, 1.165) is 44.5 Å². The second-order valence-electron chi connectivity index (χ2n) is 7.31. The molecule has 1 aliphatic rings. The van der Waals surface area contributed by atoms with Gasteiger partial charge >= 0.3 is 0 Å². The van der Waals surface area contributed by atoms with Gasteiger partial charge in [-0.05, 0) is 76.1 Å². The molecule has 0 aliphatic heterocycles. The van der Waals surface area contributed by atoms with E-state index in [4.69, 9.17) is 4.74 Å². The molecular formula is C20H34N2O3S. The Bertz CT molecular complexity index is 640. The highest BCUT2D eigenvalue weighted by atomic mass is 32.2. The summed E-state index contributed by atoms with van der Waals surface area (Å²) < 4.78 is 32.8. The lowest BCUT2D eigenvalue weighted by Gasteiger charge is -2.30. The molecule has 1 fully saturated rings. The van der Waals surface area contributed by atoms with Gasteiger partial charge in [0.05, 0.1) is 11.9 Å². The Morgan fingerprint density at radius 2 is 1.92 bits per heavy atom. The van der Waals surface area contributed by atoms with Crippen LogP contribution in [0, 0.1) is 5.92 Å². The third-order valence-electron chi connectivity index (χ3n) is 5.25. The largest absolute Gasteiger partial charge is 0.494 e. The SMILES string of the molecule is CCOc1cccc(CNCC2CCC(NS(=O)(=O)C(C)CC)CC2)c1. The molecule has 26 heavy (non-hydrogen) atoms. The first-order valence-corrected chi connectivity index (χ1v) is 11.4. The predicted molar refractivity (Wildman–Crippen MR) is 107 cm³/mol. The lowest BCUT2D eigenvalue weighted by atomic mass is 9.86. The number of sulfonamides is 1. The van der Waals surface area contributed by atoms with E-state index in [9.17, 15) is 8.42 Å². The summed E-state index contributed by atoms with van der Waals surface area (Å²) in [5.41, 5.74) is 1.23. The fourth-order valence-corrected chi connectivity index (χ4v) is 4.76. The van der Waals surface area contributed by atoms with E-state index in [0.29, 0.717) is 18.9 Å². The molecule has 1 aliphatic carbocycles. The fourth-order valence-electron chi connectivity index (χ4n) is 3.38. The predicted octanol–water partition coefficient (Wildman–Crippen LogP) is 3.45. The maximum absolute atomic E-state index is 12.2. The van der Waals surface area contributed by atoms with Crippen molar-refractivity contribution in [2.75, 3.05) is 13.2 Å².